The summed E-state index contributed by atoms with van der Waals surface area (Å²) in [6.07, 6.45) is 7.01. The fourth-order valence-corrected chi connectivity index (χ4v) is 6.39. The van der Waals surface area contributed by atoms with Gasteiger partial charge in [0.15, 0.2) is 17.8 Å². The molecule has 3 aliphatic rings. The highest BCUT2D eigenvalue weighted by Gasteiger charge is 2.39. The van der Waals surface area contributed by atoms with E-state index in [9.17, 15) is 8.42 Å². The lowest BCUT2D eigenvalue weighted by Crippen LogP contribution is -2.44. The maximum Gasteiger partial charge on any atom is 0.229 e. The standard InChI is InChI=1S/C22H26BN3O4S/c1-13-9-19(31(27,28)18-5-6-18)7-8-20(13)30-22-14(2)21(24-12-25-22)29-17-10-15-3-4-16(11-17)26(15)23/h7-9,12,15-18H,3-6,10-11H2,1-2H3/t15-,16?,17?/m0/s1. The summed E-state index contributed by atoms with van der Waals surface area (Å²) in [5.41, 5.74) is 1.47. The highest BCUT2D eigenvalue weighted by atomic mass is 32.2. The van der Waals surface area contributed by atoms with E-state index >= 15 is 0 Å². The topological polar surface area (TPSA) is 81.6 Å². The van der Waals surface area contributed by atoms with E-state index in [1.165, 1.54) is 6.33 Å². The molecule has 3 heterocycles. The van der Waals surface area contributed by atoms with Gasteiger partial charge in [-0.05, 0) is 76.1 Å². The number of rotatable bonds is 6. The van der Waals surface area contributed by atoms with E-state index in [-0.39, 0.29) is 11.4 Å². The largest absolute Gasteiger partial charge is 0.474 e. The molecular formula is C22H26BN3O4S. The molecule has 0 N–H and O–H groups in total. The monoisotopic (exact) mass is 439 g/mol. The van der Waals surface area contributed by atoms with Gasteiger partial charge >= 0.3 is 0 Å². The van der Waals surface area contributed by atoms with E-state index in [2.05, 4.69) is 9.97 Å². The van der Waals surface area contributed by atoms with Crippen LogP contribution in [0.25, 0.3) is 0 Å². The normalized spacial score (nSPS) is 26.1. The van der Waals surface area contributed by atoms with Gasteiger partial charge in [0.1, 0.15) is 18.2 Å². The first-order chi connectivity index (χ1) is 14.8. The van der Waals surface area contributed by atoms with Crippen LogP contribution in [0, 0.1) is 13.8 Å². The Morgan fingerprint density at radius 3 is 2.35 bits per heavy atom. The second-order valence-electron chi connectivity index (χ2n) is 8.93. The van der Waals surface area contributed by atoms with Gasteiger partial charge in [0.05, 0.1) is 15.7 Å². The number of ether oxygens (including phenoxy) is 2. The molecule has 9 heteroatoms. The van der Waals surface area contributed by atoms with Crippen LogP contribution < -0.4 is 9.47 Å². The summed E-state index contributed by atoms with van der Waals surface area (Å²) in [4.78, 5) is 10.9. The Morgan fingerprint density at radius 2 is 1.71 bits per heavy atom. The summed E-state index contributed by atoms with van der Waals surface area (Å²) in [7, 11) is 2.92. The van der Waals surface area contributed by atoms with Gasteiger partial charge in [-0.2, -0.15) is 0 Å². The molecular weight excluding hydrogens is 413 g/mol. The predicted molar refractivity (Wildman–Crippen MR) is 116 cm³/mol. The zero-order valence-electron chi connectivity index (χ0n) is 17.8. The minimum Gasteiger partial charge on any atom is -0.474 e. The summed E-state index contributed by atoms with van der Waals surface area (Å²) in [5, 5.41) is -0.233. The van der Waals surface area contributed by atoms with E-state index < -0.39 is 9.84 Å². The molecule has 0 amide bonds. The summed E-state index contributed by atoms with van der Waals surface area (Å²) in [6, 6.07) is 5.72. The second-order valence-corrected chi connectivity index (χ2v) is 11.2. The summed E-state index contributed by atoms with van der Waals surface area (Å²) < 4.78 is 37.2. The molecule has 3 atom stereocenters. The van der Waals surface area contributed by atoms with Crippen LogP contribution in [-0.2, 0) is 9.84 Å². The van der Waals surface area contributed by atoms with Crippen LogP contribution in [0.3, 0.4) is 0 Å². The highest BCUT2D eigenvalue weighted by Crippen LogP contribution is 2.38. The van der Waals surface area contributed by atoms with Crippen molar-refractivity contribution in [3.63, 3.8) is 0 Å². The molecule has 1 saturated carbocycles. The number of piperidine rings is 1. The molecule has 2 bridgehead atoms. The van der Waals surface area contributed by atoms with Crippen molar-refractivity contribution in [1.82, 2.24) is 14.8 Å². The fourth-order valence-electron chi connectivity index (χ4n) is 4.65. The first-order valence-electron chi connectivity index (χ1n) is 10.9. The van der Waals surface area contributed by atoms with Crippen LogP contribution >= 0.6 is 0 Å². The molecule has 0 spiro atoms. The quantitative estimate of drug-likeness (QED) is 0.639. The van der Waals surface area contributed by atoms with Crippen LogP contribution in [0.5, 0.6) is 17.5 Å². The number of aryl methyl sites for hydroxylation is 1. The molecule has 1 aromatic carbocycles. The predicted octanol–water partition coefficient (Wildman–Crippen LogP) is 3.28. The molecule has 3 fully saturated rings. The van der Waals surface area contributed by atoms with E-state index in [0.717, 1.165) is 49.7 Å². The first-order valence-corrected chi connectivity index (χ1v) is 12.4. The lowest BCUT2D eigenvalue weighted by atomic mass is 9.96. The van der Waals surface area contributed by atoms with Crippen molar-refractivity contribution in [3.8, 4) is 17.5 Å². The molecule has 7 nitrogen and oxygen atoms in total. The van der Waals surface area contributed by atoms with E-state index in [0.29, 0.717) is 34.5 Å². The molecule has 1 aromatic heterocycles. The molecule has 2 radical (unpaired) electrons. The maximum absolute atomic E-state index is 12.5. The number of hydrogen-bond acceptors (Lipinski definition) is 7. The smallest absolute Gasteiger partial charge is 0.229 e. The third-order valence-corrected chi connectivity index (χ3v) is 8.92. The van der Waals surface area contributed by atoms with Crippen LogP contribution in [-0.4, -0.2) is 54.6 Å². The average Bonchev–Trinajstić information content (AvgIpc) is 3.56. The Kier molecular flexibility index (Phi) is 5.21. The van der Waals surface area contributed by atoms with E-state index in [1.807, 2.05) is 18.7 Å². The van der Waals surface area contributed by atoms with Crippen molar-refractivity contribution in [2.45, 2.75) is 80.7 Å². The fraction of sp³-hybridized carbons (Fsp3) is 0.545. The van der Waals surface area contributed by atoms with Crippen molar-refractivity contribution in [1.29, 1.82) is 0 Å². The maximum atomic E-state index is 12.5. The SMILES string of the molecule is [B]N1C2CC[C@H]1CC(Oc1ncnc(Oc3ccc(S(=O)(=O)C4CC4)cc3C)c1C)C2. The van der Waals surface area contributed by atoms with E-state index in [1.54, 1.807) is 18.2 Å². The number of hydrogen-bond donors (Lipinski definition) is 0. The van der Waals surface area contributed by atoms with Crippen LogP contribution in [0.15, 0.2) is 29.4 Å². The zero-order valence-corrected chi connectivity index (χ0v) is 18.6. The molecule has 2 aliphatic heterocycles. The van der Waals surface area contributed by atoms with Gasteiger partial charge < -0.3 is 14.3 Å². The minimum absolute atomic E-state index is 0.0763. The number of fused-ring (bicyclic) bond motifs is 2. The molecule has 1 aliphatic carbocycles. The summed E-state index contributed by atoms with van der Waals surface area (Å²) >= 11 is 0. The molecule has 31 heavy (non-hydrogen) atoms. The Hall–Kier alpha value is -2.13. The van der Waals surface area contributed by atoms with Gasteiger partial charge in [-0.25, -0.2) is 18.4 Å². The van der Waals surface area contributed by atoms with Gasteiger partial charge in [0.25, 0.3) is 0 Å². The summed E-state index contributed by atoms with van der Waals surface area (Å²) in [5.74, 6) is 1.49. The Bertz CT molecular complexity index is 1090. The Labute approximate surface area is 184 Å². The van der Waals surface area contributed by atoms with Crippen LogP contribution in [0.1, 0.15) is 49.7 Å². The van der Waals surface area contributed by atoms with Crippen molar-refractivity contribution >= 4 is 17.8 Å². The minimum atomic E-state index is -3.23. The first kappa shape index (κ1) is 20.8. The number of aromatic nitrogens is 2. The van der Waals surface area contributed by atoms with Crippen molar-refractivity contribution in [2.24, 2.45) is 0 Å². The Morgan fingerprint density at radius 1 is 1.03 bits per heavy atom. The van der Waals surface area contributed by atoms with Gasteiger partial charge in [-0.3, -0.25) is 0 Å². The lowest BCUT2D eigenvalue weighted by molar-refractivity contribution is 0.0918. The number of sulfone groups is 1. The van der Waals surface area contributed by atoms with Gasteiger partial charge in [-0.1, -0.05) is 0 Å². The number of nitrogens with zero attached hydrogens (tertiary/aromatic N) is 3. The van der Waals surface area contributed by atoms with E-state index in [4.69, 9.17) is 17.5 Å². The highest BCUT2D eigenvalue weighted by molar-refractivity contribution is 7.92. The average molecular weight is 439 g/mol. The third-order valence-electron chi connectivity index (χ3n) is 6.66. The van der Waals surface area contributed by atoms with Crippen molar-refractivity contribution in [2.75, 3.05) is 0 Å². The molecule has 5 rings (SSSR count). The third kappa shape index (κ3) is 3.93. The molecule has 2 aromatic rings. The van der Waals surface area contributed by atoms with Gasteiger partial charge in [0, 0.05) is 12.1 Å². The lowest BCUT2D eigenvalue weighted by Gasteiger charge is -2.36. The van der Waals surface area contributed by atoms with Gasteiger partial charge in [0.2, 0.25) is 11.8 Å². The van der Waals surface area contributed by atoms with Crippen LogP contribution in [0.4, 0.5) is 0 Å². The number of benzene rings is 1. The molecule has 2 unspecified atom stereocenters. The molecule has 2 saturated heterocycles. The van der Waals surface area contributed by atoms with Crippen molar-refractivity contribution < 1.29 is 17.9 Å². The second kappa shape index (κ2) is 7.78. The Balaban J connectivity index is 1.32. The van der Waals surface area contributed by atoms with Gasteiger partial charge in [-0.15, -0.1) is 0 Å². The summed E-state index contributed by atoms with van der Waals surface area (Å²) in [6.45, 7) is 3.71. The van der Waals surface area contributed by atoms with Crippen LogP contribution in [0.2, 0.25) is 0 Å². The zero-order chi connectivity index (χ0) is 21.8. The molecule has 162 valence electrons. The van der Waals surface area contributed by atoms with Crippen molar-refractivity contribution in [3.05, 3.63) is 35.7 Å².